The molecule has 25 heavy (non-hydrogen) atoms. The fourth-order valence-corrected chi connectivity index (χ4v) is 6.24. The molecule has 2 fully saturated rings. The number of aryl methyl sites for hydroxylation is 2. The summed E-state index contributed by atoms with van der Waals surface area (Å²) in [6.45, 7) is 9.22. The zero-order chi connectivity index (χ0) is 18.4. The number of nitrogens with zero attached hydrogens (tertiary/aromatic N) is 4. The van der Waals surface area contributed by atoms with Gasteiger partial charge in [-0.25, -0.2) is 8.42 Å². The maximum atomic E-state index is 13.1. The smallest absolute Gasteiger partial charge is 0.246 e. The fourth-order valence-electron chi connectivity index (χ4n) is 4.24. The molecule has 0 bridgehead atoms. The van der Waals surface area contributed by atoms with Crippen LogP contribution >= 0.6 is 0 Å². The van der Waals surface area contributed by atoms with Crippen LogP contribution < -0.4 is 0 Å². The zero-order valence-corrected chi connectivity index (χ0v) is 16.8. The van der Waals surface area contributed by atoms with E-state index in [-0.39, 0.29) is 5.54 Å². The molecule has 0 aliphatic carbocycles. The molecule has 1 spiro atoms. The standard InChI is InChI=1S/C17H30N4O3S/c1-6-24-10-15-7-8-19(4)17(9-15)11-21(12-17)25(22,23)16-13(2)18-20(5)14(16)3/h15H,6-12H2,1-5H3. The number of hydrogen-bond acceptors (Lipinski definition) is 5. The van der Waals surface area contributed by atoms with E-state index < -0.39 is 10.0 Å². The molecule has 1 atom stereocenters. The summed E-state index contributed by atoms with van der Waals surface area (Å²) in [7, 11) is 0.413. The molecule has 1 aromatic rings. The Morgan fingerprint density at radius 1 is 1.28 bits per heavy atom. The first-order chi connectivity index (χ1) is 11.7. The Labute approximate surface area is 151 Å². The van der Waals surface area contributed by atoms with Gasteiger partial charge in [0.05, 0.1) is 11.4 Å². The van der Waals surface area contributed by atoms with E-state index >= 15 is 0 Å². The highest BCUT2D eigenvalue weighted by molar-refractivity contribution is 7.89. The number of sulfonamides is 1. The highest BCUT2D eigenvalue weighted by Gasteiger charge is 2.53. The lowest BCUT2D eigenvalue weighted by Gasteiger charge is -2.57. The minimum Gasteiger partial charge on any atom is -0.381 e. The lowest BCUT2D eigenvalue weighted by atomic mass is 9.77. The van der Waals surface area contributed by atoms with Crippen molar-refractivity contribution in [1.29, 1.82) is 0 Å². The van der Waals surface area contributed by atoms with Crippen molar-refractivity contribution in [2.45, 2.75) is 44.0 Å². The summed E-state index contributed by atoms with van der Waals surface area (Å²) in [5.74, 6) is 0.517. The summed E-state index contributed by atoms with van der Waals surface area (Å²) < 4.78 is 35.0. The van der Waals surface area contributed by atoms with Crippen molar-refractivity contribution in [3.63, 3.8) is 0 Å². The maximum absolute atomic E-state index is 13.1. The molecule has 142 valence electrons. The monoisotopic (exact) mass is 370 g/mol. The van der Waals surface area contributed by atoms with Crippen molar-refractivity contribution in [3.05, 3.63) is 11.4 Å². The van der Waals surface area contributed by atoms with Crippen LogP contribution in [0.1, 0.15) is 31.2 Å². The van der Waals surface area contributed by atoms with Gasteiger partial charge >= 0.3 is 0 Å². The Morgan fingerprint density at radius 2 is 1.96 bits per heavy atom. The summed E-state index contributed by atoms with van der Waals surface area (Å²) in [5.41, 5.74) is 1.23. The van der Waals surface area contributed by atoms with Crippen LogP contribution in [0, 0.1) is 19.8 Å². The first-order valence-electron chi connectivity index (χ1n) is 9.00. The van der Waals surface area contributed by atoms with Gasteiger partial charge in [0.15, 0.2) is 0 Å². The zero-order valence-electron chi connectivity index (χ0n) is 15.9. The number of likely N-dealkylation sites (N-methyl/N-ethyl adjacent to an activating group) is 1. The number of ether oxygens (including phenoxy) is 1. The van der Waals surface area contributed by atoms with Gasteiger partial charge in [0.25, 0.3) is 0 Å². The molecule has 0 N–H and O–H groups in total. The molecule has 3 rings (SSSR count). The molecule has 2 aliphatic rings. The Kier molecular flexibility index (Phi) is 5.00. The number of rotatable bonds is 5. The van der Waals surface area contributed by atoms with Crippen LogP contribution in [0.2, 0.25) is 0 Å². The Balaban J connectivity index is 1.75. The lowest BCUT2D eigenvalue weighted by Crippen LogP contribution is -2.72. The Hall–Kier alpha value is -0.960. The van der Waals surface area contributed by atoms with Gasteiger partial charge in [-0.15, -0.1) is 0 Å². The van der Waals surface area contributed by atoms with E-state index in [1.807, 2.05) is 13.8 Å². The van der Waals surface area contributed by atoms with E-state index in [4.69, 9.17) is 4.74 Å². The Morgan fingerprint density at radius 3 is 2.52 bits per heavy atom. The average molecular weight is 371 g/mol. The molecule has 3 heterocycles. The molecule has 0 amide bonds. The second-order valence-electron chi connectivity index (χ2n) is 7.56. The topological polar surface area (TPSA) is 67.7 Å². The second kappa shape index (κ2) is 6.64. The van der Waals surface area contributed by atoms with Gasteiger partial charge in [-0.3, -0.25) is 9.58 Å². The van der Waals surface area contributed by atoms with Gasteiger partial charge in [0.2, 0.25) is 10.0 Å². The minimum atomic E-state index is -3.48. The average Bonchev–Trinajstić information content (AvgIpc) is 2.77. The first kappa shape index (κ1) is 18.8. The molecule has 0 aromatic carbocycles. The third kappa shape index (κ3) is 3.13. The predicted molar refractivity (Wildman–Crippen MR) is 96.0 cm³/mol. The van der Waals surface area contributed by atoms with Crippen LogP contribution in [-0.2, 0) is 21.8 Å². The van der Waals surface area contributed by atoms with Gasteiger partial charge in [-0.1, -0.05) is 0 Å². The molecular formula is C17H30N4O3S. The molecule has 2 aliphatic heterocycles. The van der Waals surface area contributed by atoms with E-state index in [2.05, 4.69) is 17.0 Å². The van der Waals surface area contributed by atoms with Crippen molar-refractivity contribution >= 4 is 10.0 Å². The van der Waals surface area contributed by atoms with Crippen LogP contribution in [0.15, 0.2) is 4.90 Å². The quantitative estimate of drug-likeness (QED) is 0.778. The number of likely N-dealkylation sites (tertiary alicyclic amines) is 1. The number of aromatic nitrogens is 2. The van der Waals surface area contributed by atoms with Crippen molar-refractivity contribution in [1.82, 2.24) is 19.0 Å². The molecule has 0 saturated carbocycles. The highest BCUT2D eigenvalue weighted by atomic mass is 32.2. The van der Waals surface area contributed by atoms with E-state index in [1.165, 1.54) is 0 Å². The second-order valence-corrected chi connectivity index (χ2v) is 9.44. The largest absolute Gasteiger partial charge is 0.381 e. The van der Waals surface area contributed by atoms with Crippen LogP contribution in [0.5, 0.6) is 0 Å². The summed E-state index contributed by atoms with van der Waals surface area (Å²) in [5, 5.41) is 4.27. The van der Waals surface area contributed by atoms with E-state index in [0.29, 0.717) is 35.3 Å². The Bertz CT molecular complexity index is 735. The van der Waals surface area contributed by atoms with Gasteiger partial charge in [-0.05, 0) is 53.1 Å². The lowest BCUT2D eigenvalue weighted by molar-refractivity contribution is -0.0577. The molecule has 1 aromatic heterocycles. The summed E-state index contributed by atoms with van der Waals surface area (Å²) in [6, 6.07) is 0. The van der Waals surface area contributed by atoms with Crippen LogP contribution in [-0.4, -0.2) is 72.8 Å². The highest BCUT2D eigenvalue weighted by Crippen LogP contribution is 2.41. The molecular weight excluding hydrogens is 340 g/mol. The first-order valence-corrected chi connectivity index (χ1v) is 10.4. The van der Waals surface area contributed by atoms with Crippen molar-refractivity contribution in [2.24, 2.45) is 13.0 Å². The normalized spacial score (nSPS) is 24.6. The summed E-state index contributed by atoms with van der Waals surface area (Å²) >= 11 is 0. The van der Waals surface area contributed by atoms with E-state index in [9.17, 15) is 8.42 Å². The number of hydrogen-bond donors (Lipinski definition) is 0. The number of piperidine rings is 1. The molecule has 8 heteroatoms. The minimum absolute atomic E-state index is 0.0445. The van der Waals surface area contributed by atoms with E-state index in [1.54, 1.807) is 23.0 Å². The van der Waals surface area contributed by atoms with Gasteiger partial charge in [0, 0.05) is 38.9 Å². The summed E-state index contributed by atoms with van der Waals surface area (Å²) in [4.78, 5) is 2.71. The fraction of sp³-hybridized carbons (Fsp3) is 0.824. The van der Waals surface area contributed by atoms with Gasteiger partial charge in [-0.2, -0.15) is 9.40 Å². The van der Waals surface area contributed by atoms with Gasteiger partial charge < -0.3 is 4.74 Å². The van der Waals surface area contributed by atoms with Crippen molar-refractivity contribution in [3.8, 4) is 0 Å². The van der Waals surface area contributed by atoms with Crippen LogP contribution in [0.3, 0.4) is 0 Å². The third-order valence-electron chi connectivity index (χ3n) is 5.89. The van der Waals surface area contributed by atoms with Crippen molar-refractivity contribution < 1.29 is 13.2 Å². The maximum Gasteiger partial charge on any atom is 0.246 e. The predicted octanol–water partition coefficient (Wildman–Crippen LogP) is 1.16. The summed E-state index contributed by atoms with van der Waals surface area (Å²) in [6.07, 6.45) is 2.12. The molecule has 0 radical (unpaired) electrons. The van der Waals surface area contributed by atoms with Crippen LogP contribution in [0.4, 0.5) is 0 Å². The third-order valence-corrected chi connectivity index (χ3v) is 7.94. The molecule has 1 unspecified atom stereocenters. The SMILES string of the molecule is CCOCC1CCN(C)C2(C1)CN(S(=O)(=O)c1c(C)nn(C)c1C)C2. The van der Waals surface area contributed by atoms with Gasteiger partial charge in [0.1, 0.15) is 4.90 Å². The van der Waals surface area contributed by atoms with Crippen LogP contribution in [0.25, 0.3) is 0 Å². The van der Waals surface area contributed by atoms with E-state index in [0.717, 1.165) is 32.6 Å². The molecule has 7 nitrogen and oxygen atoms in total. The van der Waals surface area contributed by atoms with Crippen molar-refractivity contribution in [2.75, 3.05) is 39.9 Å². The molecule has 2 saturated heterocycles.